The van der Waals surface area contributed by atoms with Crippen molar-refractivity contribution >= 4 is 41.0 Å². The van der Waals surface area contributed by atoms with Gasteiger partial charge in [-0.15, -0.1) is 11.3 Å². The van der Waals surface area contributed by atoms with Gasteiger partial charge in [-0.1, -0.05) is 43.1 Å². The quantitative estimate of drug-likeness (QED) is 0.149. The number of rotatable bonds is 12. The smallest absolute Gasteiger partial charge is 0.310 e. The van der Waals surface area contributed by atoms with E-state index in [1.807, 2.05) is 41.9 Å². The molecular formula is C30H39N3O5S2Si. The molecule has 41 heavy (non-hydrogen) atoms. The predicted molar refractivity (Wildman–Crippen MR) is 167 cm³/mol. The second-order valence-corrected chi connectivity index (χ2v) is 19.4. The summed E-state index contributed by atoms with van der Waals surface area (Å²) in [5, 5.41) is 14.0. The molecule has 1 N–H and O–H groups in total. The molecule has 1 aliphatic rings. The molecule has 8 nitrogen and oxygen atoms in total. The highest BCUT2D eigenvalue weighted by Gasteiger charge is 2.30. The molecule has 4 aromatic rings. The fourth-order valence-electron chi connectivity index (χ4n) is 4.64. The molecule has 3 aromatic heterocycles. The standard InChI is InChI=1S/C30H39N3O5S2Si/c1-30(35,22-9-11-25-26(17-22)40-29(34)33(25)20-36-15-16-41(2,3)4)28-32-24(19-39-28)23-10-8-21(18-31-23)12-14-38-27-7-5-6-13-37-27/h8-11,17-19,27,35H,5-7,12-16,20H2,1-4H3. The molecule has 1 fully saturated rings. The summed E-state index contributed by atoms with van der Waals surface area (Å²) >= 11 is 2.56. The maximum atomic E-state index is 12.7. The molecule has 0 saturated carbocycles. The summed E-state index contributed by atoms with van der Waals surface area (Å²) in [6.45, 7) is 10.9. The number of aromatic nitrogens is 3. The summed E-state index contributed by atoms with van der Waals surface area (Å²) in [7, 11) is -1.20. The summed E-state index contributed by atoms with van der Waals surface area (Å²) in [5.41, 5.74) is 2.74. The van der Waals surface area contributed by atoms with Gasteiger partial charge in [0.2, 0.25) is 0 Å². The van der Waals surface area contributed by atoms with E-state index < -0.39 is 13.7 Å². The Morgan fingerprint density at radius 3 is 2.76 bits per heavy atom. The molecule has 2 unspecified atom stereocenters. The molecule has 220 valence electrons. The number of hydrogen-bond donors (Lipinski definition) is 1. The average Bonchev–Trinajstić information content (AvgIpc) is 3.56. The Bertz CT molecular complexity index is 1500. The van der Waals surface area contributed by atoms with Gasteiger partial charge in [0.1, 0.15) is 17.3 Å². The van der Waals surface area contributed by atoms with Gasteiger partial charge in [0.15, 0.2) is 6.29 Å². The monoisotopic (exact) mass is 613 g/mol. The minimum atomic E-state index is -1.32. The van der Waals surface area contributed by atoms with Crippen LogP contribution in [0.2, 0.25) is 25.7 Å². The Morgan fingerprint density at radius 1 is 1.17 bits per heavy atom. The van der Waals surface area contributed by atoms with E-state index in [9.17, 15) is 9.90 Å². The van der Waals surface area contributed by atoms with Crippen LogP contribution in [-0.2, 0) is 33.0 Å². The van der Waals surface area contributed by atoms with E-state index in [4.69, 9.17) is 19.2 Å². The first-order valence-electron chi connectivity index (χ1n) is 14.2. The van der Waals surface area contributed by atoms with E-state index in [2.05, 4.69) is 24.6 Å². The van der Waals surface area contributed by atoms with E-state index in [0.717, 1.165) is 65.5 Å². The zero-order valence-corrected chi connectivity index (χ0v) is 26.9. The number of pyridine rings is 1. The summed E-state index contributed by atoms with van der Waals surface area (Å²) in [6.07, 6.45) is 5.76. The average molecular weight is 614 g/mol. The first-order chi connectivity index (χ1) is 19.6. The molecule has 11 heteroatoms. The Hall–Kier alpha value is -2.25. The first kappa shape index (κ1) is 30.2. The van der Waals surface area contributed by atoms with Crippen LogP contribution in [0, 0.1) is 0 Å². The van der Waals surface area contributed by atoms with E-state index in [1.165, 1.54) is 22.7 Å². The summed E-state index contributed by atoms with van der Waals surface area (Å²) in [6, 6.07) is 10.7. The van der Waals surface area contributed by atoms with Crippen molar-refractivity contribution in [2.24, 2.45) is 0 Å². The number of thiazole rings is 2. The van der Waals surface area contributed by atoms with Gasteiger partial charge in [-0.3, -0.25) is 14.3 Å². The highest BCUT2D eigenvalue weighted by Crippen LogP contribution is 2.35. The Labute approximate surface area is 250 Å². The number of benzene rings is 1. The fourth-order valence-corrected chi connectivity index (χ4v) is 7.21. The molecule has 1 aromatic carbocycles. The number of nitrogens with zero attached hydrogens (tertiary/aromatic N) is 3. The second kappa shape index (κ2) is 12.9. The molecule has 4 heterocycles. The molecule has 0 amide bonds. The maximum Gasteiger partial charge on any atom is 0.310 e. The normalized spacial score (nSPS) is 17.6. The molecule has 0 radical (unpaired) electrons. The Morgan fingerprint density at radius 2 is 2.02 bits per heavy atom. The molecule has 0 aliphatic carbocycles. The summed E-state index contributed by atoms with van der Waals surface area (Å²) in [4.78, 5) is 22.0. The van der Waals surface area contributed by atoms with E-state index in [1.54, 1.807) is 11.5 Å². The SMILES string of the molecule is CC(O)(c1ccc2c(c1)sc(=O)n2COCC[Si](C)(C)C)c1nc(-c2ccc(CCOC3CCCCO3)cn2)cs1. The topological polar surface area (TPSA) is 95.7 Å². The number of aliphatic hydroxyl groups is 1. The number of hydrogen-bond acceptors (Lipinski definition) is 9. The fraction of sp³-hybridized carbons (Fsp3) is 0.500. The molecule has 0 spiro atoms. The highest BCUT2D eigenvalue weighted by molar-refractivity contribution is 7.16. The predicted octanol–water partition coefficient (Wildman–Crippen LogP) is 6.24. The minimum absolute atomic E-state index is 0.0651. The first-order valence-corrected chi connectivity index (χ1v) is 19.6. The van der Waals surface area contributed by atoms with E-state index in [0.29, 0.717) is 23.8 Å². The van der Waals surface area contributed by atoms with Crippen molar-refractivity contribution in [2.75, 3.05) is 19.8 Å². The van der Waals surface area contributed by atoms with Crippen LogP contribution >= 0.6 is 22.7 Å². The molecule has 2 atom stereocenters. The van der Waals surface area contributed by atoms with Crippen molar-refractivity contribution in [3.05, 3.63) is 67.7 Å². The van der Waals surface area contributed by atoms with Crippen molar-refractivity contribution in [3.63, 3.8) is 0 Å². The van der Waals surface area contributed by atoms with Gasteiger partial charge in [-0.25, -0.2) is 4.98 Å². The van der Waals surface area contributed by atoms with Crippen molar-refractivity contribution in [1.29, 1.82) is 0 Å². The van der Waals surface area contributed by atoms with Crippen molar-refractivity contribution in [1.82, 2.24) is 14.5 Å². The largest absolute Gasteiger partial charge is 0.378 e. The third kappa shape index (κ3) is 7.58. The molecule has 1 saturated heterocycles. The lowest BCUT2D eigenvalue weighted by atomic mass is 9.96. The van der Waals surface area contributed by atoms with Crippen LogP contribution in [0.4, 0.5) is 0 Å². The zero-order chi connectivity index (χ0) is 29.0. The molecule has 5 rings (SSSR count). The van der Waals surface area contributed by atoms with Crippen LogP contribution in [-0.4, -0.2) is 53.8 Å². The van der Waals surface area contributed by atoms with Gasteiger partial charge in [-0.2, -0.15) is 0 Å². The Balaban J connectivity index is 1.23. The summed E-state index contributed by atoms with van der Waals surface area (Å²) < 4.78 is 19.8. The van der Waals surface area contributed by atoms with Crippen molar-refractivity contribution in [2.45, 2.75) is 76.9 Å². The van der Waals surface area contributed by atoms with Crippen molar-refractivity contribution in [3.8, 4) is 11.4 Å². The zero-order valence-electron chi connectivity index (χ0n) is 24.2. The van der Waals surface area contributed by atoms with E-state index in [-0.39, 0.29) is 17.9 Å². The number of ether oxygens (including phenoxy) is 3. The van der Waals surface area contributed by atoms with Crippen LogP contribution in [0.15, 0.2) is 46.7 Å². The van der Waals surface area contributed by atoms with E-state index >= 15 is 0 Å². The maximum absolute atomic E-state index is 12.7. The van der Waals surface area contributed by atoms with Crippen LogP contribution in [0.1, 0.15) is 42.3 Å². The van der Waals surface area contributed by atoms with Gasteiger partial charge < -0.3 is 19.3 Å². The third-order valence-corrected chi connectivity index (χ3v) is 11.0. The van der Waals surface area contributed by atoms with Crippen LogP contribution in [0.25, 0.3) is 21.6 Å². The molecule has 1 aliphatic heterocycles. The van der Waals surface area contributed by atoms with Crippen LogP contribution in [0.3, 0.4) is 0 Å². The lowest BCUT2D eigenvalue weighted by Gasteiger charge is -2.22. The van der Waals surface area contributed by atoms with Gasteiger partial charge in [0, 0.05) is 32.9 Å². The number of fused-ring (bicyclic) bond motifs is 1. The van der Waals surface area contributed by atoms with Crippen LogP contribution < -0.4 is 4.87 Å². The van der Waals surface area contributed by atoms with Gasteiger partial charge in [0.25, 0.3) is 0 Å². The Kier molecular flexibility index (Phi) is 9.54. The van der Waals surface area contributed by atoms with Gasteiger partial charge in [-0.05, 0) is 68.0 Å². The molecule has 0 bridgehead atoms. The summed E-state index contributed by atoms with van der Waals surface area (Å²) in [5.74, 6) is 0. The lowest BCUT2D eigenvalue weighted by Crippen LogP contribution is -2.23. The molecular weight excluding hydrogens is 575 g/mol. The third-order valence-electron chi connectivity index (χ3n) is 7.29. The minimum Gasteiger partial charge on any atom is -0.378 e. The van der Waals surface area contributed by atoms with Crippen LogP contribution in [0.5, 0.6) is 0 Å². The van der Waals surface area contributed by atoms with Gasteiger partial charge >= 0.3 is 4.87 Å². The van der Waals surface area contributed by atoms with Gasteiger partial charge in [0.05, 0.1) is 28.2 Å². The highest BCUT2D eigenvalue weighted by atomic mass is 32.1. The van der Waals surface area contributed by atoms with Crippen molar-refractivity contribution < 1.29 is 19.3 Å². The lowest BCUT2D eigenvalue weighted by molar-refractivity contribution is -0.161. The second-order valence-electron chi connectivity index (χ2n) is 11.9.